The normalized spacial score (nSPS) is 13.8. The van der Waals surface area contributed by atoms with E-state index in [4.69, 9.17) is 0 Å². The van der Waals surface area contributed by atoms with Gasteiger partial charge in [-0.25, -0.2) is 0 Å². The predicted molar refractivity (Wildman–Crippen MR) is 87.0 cm³/mol. The fraction of sp³-hybridized carbons (Fsp3) is 0.278. The Morgan fingerprint density at radius 1 is 1.04 bits per heavy atom. The van der Waals surface area contributed by atoms with Crippen LogP contribution in [-0.2, 0) is 6.54 Å². The standard InChI is InChI=1S/C18H19N3O2/c22-17(20-13-16-8-1-2-9-19-16)14-6-5-7-15(12-14)18(23)21-10-3-4-11-21/h1-2,5-9,12H,3-4,10-11,13H2,(H,20,22). The van der Waals surface area contributed by atoms with E-state index < -0.39 is 0 Å². The van der Waals surface area contributed by atoms with E-state index in [9.17, 15) is 9.59 Å². The minimum absolute atomic E-state index is 0.00174. The van der Waals surface area contributed by atoms with Crippen LogP contribution in [0.1, 0.15) is 39.3 Å². The SMILES string of the molecule is O=C(NCc1ccccn1)c1cccc(C(=O)N2CCCC2)c1. The van der Waals surface area contributed by atoms with E-state index in [2.05, 4.69) is 10.3 Å². The summed E-state index contributed by atoms with van der Waals surface area (Å²) in [5.41, 5.74) is 1.86. The van der Waals surface area contributed by atoms with Crippen molar-refractivity contribution in [2.75, 3.05) is 13.1 Å². The zero-order valence-corrected chi connectivity index (χ0v) is 12.9. The van der Waals surface area contributed by atoms with Crippen LogP contribution in [0.15, 0.2) is 48.7 Å². The number of aromatic nitrogens is 1. The van der Waals surface area contributed by atoms with Gasteiger partial charge in [-0.15, -0.1) is 0 Å². The van der Waals surface area contributed by atoms with Crippen molar-refractivity contribution in [2.24, 2.45) is 0 Å². The van der Waals surface area contributed by atoms with Gasteiger partial charge in [0.05, 0.1) is 12.2 Å². The highest BCUT2D eigenvalue weighted by molar-refractivity contribution is 5.99. The number of hydrogen-bond donors (Lipinski definition) is 1. The average molecular weight is 309 g/mol. The number of hydrogen-bond acceptors (Lipinski definition) is 3. The Balaban J connectivity index is 1.66. The topological polar surface area (TPSA) is 62.3 Å². The van der Waals surface area contributed by atoms with Crippen LogP contribution in [0.2, 0.25) is 0 Å². The van der Waals surface area contributed by atoms with Crippen molar-refractivity contribution in [3.05, 3.63) is 65.5 Å². The number of rotatable bonds is 4. The molecule has 1 N–H and O–H groups in total. The zero-order chi connectivity index (χ0) is 16.1. The lowest BCUT2D eigenvalue weighted by Crippen LogP contribution is -2.28. The van der Waals surface area contributed by atoms with Crippen LogP contribution >= 0.6 is 0 Å². The van der Waals surface area contributed by atoms with Gasteiger partial charge in [-0.3, -0.25) is 14.6 Å². The number of carbonyl (C=O) groups excluding carboxylic acids is 2. The van der Waals surface area contributed by atoms with Gasteiger partial charge in [-0.1, -0.05) is 12.1 Å². The van der Waals surface area contributed by atoms with Crippen molar-refractivity contribution < 1.29 is 9.59 Å². The Kier molecular flexibility index (Phi) is 4.66. The van der Waals surface area contributed by atoms with Crippen LogP contribution in [0.25, 0.3) is 0 Å². The summed E-state index contributed by atoms with van der Waals surface area (Å²) in [7, 11) is 0. The molecule has 0 aliphatic carbocycles. The fourth-order valence-electron chi connectivity index (χ4n) is 2.67. The van der Waals surface area contributed by atoms with Crippen LogP contribution in [-0.4, -0.2) is 34.8 Å². The van der Waals surface area contributed by atoms with Crippen LogP contribution in [0.4, 0.5) is 0 Å². The molecule has 0 atom stereocenters. The molecule has 1 fully saturated rings. The molecule has 118 valence electrons. The van der Waals surface area contributed by atoms with Crippen molar-refractivity contribution in [3.8, 4) is 0 Å². The van der Waals surface area contributed by atoms with Crippen molar-refractivity contribution in [1.82, 2.24) is 15.2 Å². The quantitative estimate of drug-likeness (QED) is 0.942. The van der Waals surface area contributed by atoms with E-state index in [-0.39, 0.29) is 11.8 Å². The maximum atomic E-state index is 12.4. The number of carbonyl (C=O) groups is 2. The first-order valence-corrected chi connectivity index (χ1v) is 7.81. The zero-order valence-electron chi connectivity index (χ0n) is 12.9. The monoisotopic (exact) mass is 309 g/mol. The third-order valence-electron chi connectivity index (χ3n) is 3.92. The smallest absolute Gasteiger partial charge is 0.253 e. The summed E-state index contributed by atoms with van der Waals surface area (Å²) in [5.74, 6) is -0.200. The van der Waals surface area contributed by atoms with Gasteiger partial charge < -0.3 is 10.2 Å². The summed E-state index contributed by atoms with van der Waals surface area (Å²) >= 11 is 0. The van der Waals surface area contributed by atoms with Gasteiger partial charge in [-0.05, 0) is 43.2 Å². The Morgan fingerprint density at radius 2 is 1.83 bits per heavy atom. The third-order valence-corrected chi connectivity index (χ3v) is 3.92. The molecule has 0 radical (unpaired) electrons. The molecule has 0 saturated carbocycles. The van der Waals surface area contributed by atoms with Crippen LogP contribution in [0, 0.1) is 0 Å². The second-order valence-corrected chi connectivity index (χ2v) is 5.58. The molecule has 23 heavy (non-hydrogen) atoms. The molecule has 2 amide bonds. The lowest BCUT2D eigenvalue weighted by atomic mass is 10.1. The molecular formula is C18H19N3O2. The fourth-order valence-corrected chi connectivity index (χ4v) is 2.67. The molecule has 0 bridgehead atoms. The Labute approximate surface area is 135 Å². The minimum Gasteiger partial charge on any atom is -0.346 e. The Hall–Kier alpha value is -2.69. The molecule has 1 aliphatic heterocycles. The average Bonchev–Trinajstić information content (AvgIpc) is 3.14. The van der Waals surface area contributed by atoms with Gasteiger partial charge in [-0.2, -0.15) is 0 Å². The van der Waals surface area contributed by atoms with E-state index >= 15 is 0 Å². The van der Waals surface area contributed by atoms with Gasteiger partial charge in [0.25, 0.3) is 11.8 Å². The van der Waals surface area contributed by atoms with Crippen LogP contribution in [0.3, 0.4) is 0 Å². The summed E-state index contributed by atoms with van der Waals surface area (Å²) in [4.78, 5) is 30.6. The van der Waals surface area contributed by atoms with Gasteiger partial charge in [0.1, 0.15) is 0 Å². The van der Waals surface area contributed by atoms with Gasteiger partial charge >= 0.3 is 0 Å². The number of nitrogens with one attached hydrogen (secondary N) is 1. The van der Waals surface area contributed by atoms with E-state index in [1.54, 1.807) is 30.5 Å². The molecule has 5 heteroatoms. The van der Waals surface area contributed by atoms with E-state index in [0.717, 1.165) is 31.6 Å². The highest BCUT2D eigenvalue weighted by Gasteiger charge is 2.20. The van der Waals surface area contributed by atoms with E-state index in [1.165, 1.54) is 0 Å². The molecule has 1 aromatic carbocycles. The second kappa shape index (κ2) is 7.05. The molecule has 2 aromatic rings. The Morgan fingerprint density at radius 3 is 2.57 bits per heavy atom. The second-order valence-electron chi connectivity index (χ2n) is 5.58. The number of nitrogens with zero attached hydrogens (tertiary/aromatic N) is 2. The number of amides is 2. The molecule has 0 unspecified atom stereocenters. The number of likely N-dealkylation sites (tertiary alicyclic amines) is 1. The molecule has 1 aliphatic rings. The summed E-state index contributed by atoms with van der Waals surface area (Å²) in [5, 5.41) is 2.82. The van der Waals surface area contributed by atoms with E-state index in [0.29, 0.717) is 17.7 Å². The summed E-state index contributed by atoms with van der Waals surface area (Å²) < 4.78 is 0. The summed E-state index contributed by atoms with van der Waals surface area (Å²) in [6.45, 7) is 1.97. The molecule has 0 spiro atoms. The first kappa shape index (κ1) is 15.2. The largest absolute Gasteiger partial charge is 0.346 e. The molecule has 5 nitrogen and oxygen atoms in total. The van der Waals surface area contributed by atoms with Gasteiger partial charge in [0, 0.05) is 30.4 Å². The van der Waals surface area contributed by atoms with Crippen molar-refractivity contribution >= 4 is 11.8 Å². The van der Waals surface area contributed by atoms with E-state index in [1.807, 2.05) is 23.1 Å². The molecule has 1 aromatic heterocycles. The predicted octanol–water partition coefficient (Wildman–Crippen LogP) is 2.25. The third kappa shape index (κ3) is 3.74. The van der Waals surface area contributed by atoms with Crippen LogP contribution in [0.5, 0.6) is 0 Å². The lowest BCUT2D eigenvalue weighted by molar-refractivity contribution is 0.0793. The van der Waals surface area contributed by atoms with Crippen LogP contribution < -0.4 is 5.32 Å². The summed E-state index contributed by atoms with van der Waals surface area (Å²) in [6, 6.07) is 12.5. The number of pyridine rings is 1. The molecular weight excluding hydrogens is 290 g/mol. The van der Waals surface area contributed by atoms with Crippen molar-refractivity contribution in [1.29, 1.82) is 0 Å². The number of benzene rings is 1. The highest BCUT2D eigenvalue weighted by Crippen LogP contribution is 2.14. The summed E-state index contributed by atoms with van der Waals surface area (Å²) in [6.07, 6.45) is 3.79. The minimum atomic E-state index is -0.202. The maximum Gasteiger partial charge on any atom is 0.253 e. The van der Waals surface area contributed by atoms with Crippen molar-refractivity contribution in [3.63, 3.8) is 0 Å². The van der Waals surface area contributed by atoms with Gasteiger partial charge in [0.15, 0.2) is 0 Å². The molecule has 3 rings (SSSR count). The molecule has 1 saturated heterocycles. The first-order valence-electron chi connectivity index (χ1n) is 7.81. The van der Waals surface area contributed by atoms with Gasteiger partial charge in [0.2, 0.25) is 0 Å². The lowest BCUT2D eigenvalue weighted by Gasteiger charge is -2.15. The first-order chi connectivity index (χ1) is 11.2. The molecule has 2 heterocycles. The maximum absolute atomic E-state index is 12.4. The Bertz CT molecular complexity index is 694. The highest BCUT2D eigenvalue weighted by atomic mass is 16.2. The van der Waals surface area contributed by atoms with Crippen molar-refractivity contribution in [2.45, 2.75) is 19.4 Å².